The fourth-order valence-corrected chi connectivity index (χ4v) is 3.13. The first-order valence-corrected chi connectivity index (χ1v) is 6.37. The summed E-state index contributed by atoms with van der Waals surface area (Å²) in [4.78, 5) is 12.0. The zero-order chi connectivity index (χ0) is 11.9. The first-order valence-electron chi connectivity index (χ1n) is 6.37. The van der Waals surface area contributed by atoms with Crippen LogP contribution in [0.1, 0.15) is 46.5 Å². The van der Waals surface area contributed by atoms with E-state index in [1.54, 1.807) is 0 Å². The molecule has 1 unspecified atom stereocenters. The highest BCUT2D eigenvalue weighted by Crippen LogP contribution is 2.45. The van der Waals surface area contributed by atoms with Crippen LogP contribution in [0.3, 0.4) is 0 Å². The summed E-state index contributed by atoms with van der Waals surface area (Å²) < 4.78 is 0. The molecule has 0 radical (unpaired) electrons. The standard InChI is InChI=1S/C14H22O2/c1-9(2)10-4-5-13(15)11-6-7-14(3,16)12(11)8-10/h8-9,11-12,16H,4-7H2,1-3H3/t11-,12?,14+/m0/s1. The Morgan fingerprint density at radius 3 is 2.75 bits per heavy atom. The van der Waals surface area contributed by atoms with E-state index in [1.807, 2.05) is 6.92 Å². The van der Waals surface area contributed by atoms with E-state index in [1.165, 1.54) is 5.57 Å². The Morgan fingerprint density at radius 2 is 2.12 bits per heavy atom. The van der Waals surface area contributed by atoms with Gasteiger partial charge in [-0.15, -0.1) is 0 Å². The van der Waals surface area contributed by atoms with Crippen molar-refractivity contribution in [3.05, 3.63) is 11.6 Å². The van der Waals surface area contributed by atoms with E-state index in [0.29, 0.717) is 18.1 Å². The molecule has 0 amide bonds. The number of allylic oxidation sites excluding steroid dienone is 1. The summed E-state index contributed by atoms with van der Waals surface area (Å²) in [6.45, 7) is 6.21. The number of aliphatic hydroxyl groups is 1. The van der Waals surface area contributed by atoms with E-state index >= 15 is 0 Å². The molecule has 0 aromatic carbocycles. The molecule has 1 saturated carbocycles. The maximum absolute atomic E-state index is 12.0. The van der Waals surface area contributed by atoms with Gasteiger partial charge in [0, 0.05) is 18.3 Å². The van der Waals surface area contributed by atoms with Gasteiger partial charge in [-0.1, -0.05) is 25.5 Å². The van der Waals surface area contributed by atoms with Crippen LogP contribution < -0.4 is 0 Å². The molecule has 0 aromatic rings. The van der Waals surface area contributed by atoms with Gasteiger partial charge in [-0.25, -0.2) is 0 Å². The minimum absolute atomic E-state index is 0.0555. The Kier molecular flexibility index (Phi) is 2.95. The lowest BCUT2D eigenvalue weighted by atomic mass is 9.84. The molecule has 1 N–H and O–H groups in total. The number of Topliss-reactive ketones (excluding diaryl/α,β-unsaturated/α-hetero) is 1. The Bertz CT molecular complexity index is 326. The first-order chi connectivity index (χ1) is 7.42. The lowest BCUT2D eigenvalue weighted by Crippen LogP contribution is -2.32. The minimum atomic E-state index is -0.676. The second-order valence-electron chi connectivity index (χ2n) is 5.89. The third-order valence-corrected chi connectivity index (χ3v) is 4.32. The Hall–Kier alpha value is -0.630. The van der Waals surface area contributed by atoms with E-state index in [2.05, 4.69) is 19.9 Å². The highest BCUT2D eigenvalue weighted by atomic mass is 16.3. The monoisotopic (exact) mass is 222 g/mol. The molecule has 0 spiro atoms. The number of carbonyl (C=O) groups is 1. The molecule has 2 aliphatic rings. The molecular weight excluding hydrogens is 200 g/mol. The topological polar surface area (TPSA) is 37.3 Å². The van der Waals surface area contributed by atoms with Crippen molar-refractivity contribution < 1.29 is 9.90 Å². The summed E-state index contributed by atoms with van der Waals surface area (Å²) in [6, 6.07) is 0. The predicted molar refractivity (Wildman–Crippen MR) is 64.0 cm³/mol. The molecule has 2 heteroatoms. The molecule has 0 saturated heterocycles. The van der Waals surface area contributed by atoms with Crippen molar-refractivity contribution in [2.75, 3.05) is 0 Å². The van der Waals surface area contributed by atoms with E-state index in [0.717, 1.165) is 19.3 Å². The number of carbonyl (C=O) groups excluding carboxylic acids is 1. The molecule has 0 aromatic heterocycles. The van der Waals surface area contributed by atoms with Crippen LogP contribution >= 0.6 is 0 Å². The first kappa shape index (κ1) is 11.8. The van der Waals surface area contributed by atoms with Crippen LogP contribution in [0.25, 0.3) is 0 Å². The van der Waals surface area contributed by atoms with Crippen LogP contribution in [0.15, 0.2) is 11.6 Å². The predicted octanol–water partition coefficient (Wildman–Crippen LogP) is 2.71. The van der Waals surface area contributed by atoms with Crippen LogP contribution in [0.4, 0.5) is 0 Å². The Balaban J connectivity index is 2.33. The summed E-state index contributed by atoms with van der Waals surface area (Å²) in [5.74, 6) is 0.976. The maximum atomic E-state index is 12.0. The summed E-state index contributed by atoms with van der Waals surface area (Å²) in [5.41, 5.74) is 0.674. The molecule has 90 valence electrons. The van der Waals surface area contributed by atoms with Crippen molar-refractivity contribution in [3.63, 3.8) is 0 Å². The molecule has 2 aliphatic carbocycles. The molecular formula is C14H22O2. The zero-order valence-corrected chi connectivity index (χ0v) is 10.5. The van der Waals surface area contributed by atoms with Gasteiger partial charge >= 0.3 is 0 Å². The molecule has 1 fully saturated rings. The lowest BCUT2D eigenvalue weighted by molar-refractivity contribution is -0.124. The summed E-state index contributed by atoms with van der Waals surface area (Å²) in [7, 11) is 0. The largest absolute Gasteiger partial charge is 0.390 e. The van der Waals surface area contributed by atoms with Crippen LogP contribution in [0, 0.1) is 17.8 Å². The van der Waals surface area contributed by atoms with Gasteiger partial charge in [0.15, 0.2) is 0 Å². The summed E-state index contributed by atoms with van der Waals surface area (Å²) >= 11 is 0. The molecule has 0 aliphatic heterocycles. The molecule has 0 bridgehead atoms. The second kappa shape index (κ2) is 3.99. The SMILES string of the molecule is CC(C)C1=CC2[C@H](CC[C@@]2(C)O)C(=O)CC1. The van der Waals surface area contributed by atoms with Crippen LogP contribution in [-0.2, 0) is 4.79 Å². The van der Waals surface area contributed by atoms with E-state index in [4.69, 9.17) is 0 Å². The number of rotatable bonds is 1. The van der Waals surface area contributed by atoms with Crippen molar-refractivity contribution in [1.29, 1.82) is 0 Å². The van der Waals surface area contributed by atoms with Gasteiger partial charge in [0.25, 0.3) is 0 Å². The van der Waals surface area contributed by atoms with Gasteiger partial charge in [-0.2, -0.15) is 0 Å². The quantitative estimate of drug-likeness (QED) is 0.693. The summed E-state index contributed by atoms with van der Waals surface area (Å²) in [5, 5.41) is 10.3. The number of hydrogen-bond acceptors (Lipinski definition) is 2. The van der Waals surface area contributed by atoms with Crippen LogP contribution in [0.2, 0.25) is 0 Å². The highest BCUT2D eigenvalue weighted by molar-refractivity contribution is 5.83. The molecule has 16 heavy (non-hydrogen) atoms. The van der Waals surface area contributed by atoms with E-state index in [9.17, 15) is 9.90 Å². The molecule has 0 heterocycles. The second-order valence-corrected chi connectivity index (χ2v) is 5.89. The van der Waals surface area contributed by atoms with Gasteiger partial charge in [0.2, 0.25) is 0 Å². The van der Waals surface area contributed by atoms with E-state index in [-0.39, 0.29) is 11.8 Å². The maximum Gasteiger partial charge on any atom is 0.136 e. The van der Waals surface area contributed by atoms with Crippen molar-refractivity contribution >= 4 is 5.78 Å². The molecule has 3 atom stereocenters. The van der Waals surface area contributed by atoms with Gasteiger partial charge < -0.3 is 5.11 Å². The average molecular weight is 222 g/mol. The minimum Gasteiger partial charge on any atom is -0.390 e. The van der Waals surface area contributed by atoms with Crippen molar-refractivity contribution in [1.82, 2.24) is 0 Å². The number of hydrogen-bond donors (Lipinski definition) is 1. The van der Waals surface area contributed by atoms with Crippen molar-refractivity contribution in [2.24, 2.45) is 17.8 Å². The third-order valence-electron chi connectivity index (χ3n) is 4.32. The third kappa shape index (κ3) is 1.95. The molecule has 2 nitrogen and oxygen atoms in total. The van der Waals surface area contributed by atoms with Gasteiger partial charge in [0.1, 0.15) is 5.78 Å². The Labute approximate surface area is 97.7 Å². The smallest absolute Gasteiger partial charge is 0.136 e. The van der Waals surface area contributed by atoms with Crippen molar-refractivity contribution in [2.45, 2.75) is 52.1 Å². The highest BCUT2D eigenvalue weighted by Gasteiger charge is 2.46. The average Bonchev–Trinajstić information content (AvgIpc) is 2.38. The van der Waals surface area contributed by atoms with Gasteiger partial charge in [0.05, 0.1) is 5.60 Å². The summed E-state index contributed by atoms with van der Waals surface area (Å²) in [6.07, 6.45) is 5.38. The van der Waals surface area contributed by atoms with Crippen LogP contribution in [-0.4, -0.2) is 16.5 Å². The zero-order valence-electron chi connectivity index (χ0n) is 10.5. The normalized spacial score (nSPS) is 39.6. The van der Waals surface area contributed by atoms with Crippen LogP contribution in [0.5, 0.6) is 0 Å². The fraction of sp³-hybridized carbons (Fsp3) is 0.786. The van der Waals surface area contributed by atoms with E-state index < -0.39 is 5.60 Å². The fourth-order valence-electron chi connectivity index (χ4n) is 3.13. The van der Waals surface area contributed by atoms with Gasteiger partial charge in [-0.05, 0) is 32.1 Å². The number of fused-ring (bicyclic) bond motifs is 1. The molecule has 2 rings (SSSR count). The number of ketones is 1. The van der Waals surface area contributed by atoms with Gasteiger partial charge in [-0.3, -0.25) is 4.79 Å². The lowest BCUT2D eigenvalue weighted by Gasteiger charge is -2.26. The Morgan fingerprint density at radius 1 is 1.44 bits per heavy atom. The van der Waals surface area contributed by atoms with Crippen molar-refractivity contribution in [3.8, 4) is 0 Å².